The van der Waals surface area contributed by atoms with E-state index in [0.717, 1.165) is 13.1 Å². The van der Waals surface area contributed by atoms with Gasteiger partial charge in [0.2, 0.25) is 5.91 Å². The quantitative estimate of drug-likeness (QED) is 0.646. The topological polar surface area (TPSA) is 50.4 Å². The molecule has 0 bridgehead atoms. The van der Waals surface area contributed by atoms with E-state index in [1.54, 1.807) is 0 Å². The van der Waals surface area contributed by atoms with E-state index in [2.05, 4.69) is 10.6 Å². The van der Waals surface area contributed by atoms with Gasteiger partial charge >= 0.3 is 0 Å². The molecule has 1 aliphatic heterocycles. The molecular formula is C9H18N2O2. The molecule has 13 heavy (non-hydrogen) atoms. The first-order chi connectivity index (χ1) is 5.97. The van der Waals surface area contributed by atoms with Crippen molar-refractivity contribution in [1.29, 1.82) is 0 Å². The third-order valence-electron chi connectivity index (χ3n) is 1.71. The Morgan fingerprint density at radius 3 is 2.54 bits per heavy atom. The van der Waals surface area contributed by atoms with Crippen molar-refractivity contribution in [2.75, 3.05) is 19.7 Å². The summed E-state index contributed by atoms with van der Waals surface area (Å²) in [7, 11) is 0. The Balaban J connectivity index is 2.10. The predicted molar refractivity (Wildman–Crippen MR) is 50.5 cm³/mol. The molecule has 4 nitrogen and oxygen atoms in total. The van der Waals surface area contributed by atoms with Gasteiger partial charge in [0.25, 0.3) is 0 Å². The summed E-state index contributed by atoms with van der Waals surface area (Å²) in [6, 6.07) is 0. The molecule has 4 heteroatoms. The van der Waals surface area contributed by atoms with E-state index in [9.17, 15) is 4.79 Å². The van der Waals surface area contributed by atoms with E-state index in [4.69, 9.17) is 4.74 Å². The lowest BCUT2D eigenvalue weighted by atomic mass is 10.1. The van der Waals surface area contributed by atoms with Crippen molar-refractivity contribution in [2.45, 2.75) is 32.4 Å². The van der Waals surface area contributed by atoms with Crippen molar-refractivity contribution in [3.63, 3.8) is 0 Å². The van der Waals surface area contributed by atoms with Crippen LogP contribution in [0.4, 0.5) is 0 Å². The molecule has 76 valence electrons. The minimum Gasteiger partial charge on any atom is -0.366 e. The van der Waals surface area contributed by atoms with Crippen LogP contribution in [0.25, 0.3) is 0 Å². The molecule has 1 amide bonds. The molecular weight excluding hydrogens is 168 g/mol. The average molecular weight is 186 g/mol. The van der Waals surface area contributed by atoms with Crippen molar-refractivity contribution in [3.05, 3.63) is 0 Å². The molecule has 0 aromatic carbocycles. The monoisotopic (exact) mass is 186 g/mol. The second-order valence-electron chi connectivity index (χ2n) is 4.39. The molecule has 0 radical (unpaired) electrons. The molecule has 1 fully saturated rings. The summed E-state index contributed by atoms with van der Waals surface area (Å²) in [6.07, 6.45) is 0.228. The molecule has 1 aliphatic rings. The van der Waals surface area contributed by atoms with Gasteiger partial charge in [-0.3, -0.25) is 4.79 Å². The van der Waals surface area contributed by atoms with Crippen LogP contribution in [-0.4, -0.2) is 37.2 Å². The fourth-order valence-corrected chi connectivity index (χ4v) is 1.03. The Morgan fingerprint density at radius 1 is 1.54 bits per heavy atom. The normalized spacial score (nSPS) is 18.1. The zero-order chi connectivity index (χ0) is 9.90. The van der Waals surface area contributed by atoms with Crippen molar-refractivity contribution in [3.8, 4) is 0 Å². The Morgan fingerprint density at radius 2 is 2.15 bits per heavy atom. The number of amides is 1. The Labute approximate surface area is 79.0 Å². The lowest BCUT2D eigenvalue weighted by Gasteiger charge is -2.27. The van der Waals surface area contributed by atoms with Gasteiger partial charge in [-0.1, -0.05) is 0 Å². The summed E-state index contributed by atoms with van der Waals surface area (Å²) in [5.74, 6) is -0.0422. The van der Waals surface area contributed by atoms with Gasteiger partial charge in [0, 0.05) is 18.6 Å². The zero-order valence-corrected chi connectivity index (χ0v) is 8.52. The van der Waals surface area contributed by atoms with Crippen LogP contribution in [0.1, 0.15) is 20.8 Å². The molecule has 1 heterocycles. The number of carbonyl (C=O) groups is 1. The lowest BCUT2D eigenvalue weighted by Crippen LogP contribution is -2.50. The molecule has 0 spiro atoms. The van der Waals surface area contributed by atoms with E-state index >= 15 is 0 Å². The van der Waals surface area contributed by atoms with Crippen LogP contribution in [0.15, 0.2) is 0 Å². The summed E-state index contributed by atoms with van der Waals surface area (Å²) in [4.78, 5) is 11.2. The van der Waals surface area contributed by atoms with Gasteiger partial charge in [0.1, 0.15) is 6.61 Å². The van der Waals surface area contributed by atoms with Gasteiger partial charge in [0.05, 0.1) is 6.10 Å². The highest BCUT2D eigenvalue weighted by molar-refractivity contribution is 5.77. The molecule has 0 aliphatic carbocycles. The number of carbonyl (C=O) groups excluding carboxylic acids is 1. The van der Waals surface area contributed by atoms with Crippen LogP contribution in [-0.2, 0) is 9.53 Å². The van der Waals surface area contributed by atoms with Gasteiger partial charge in [-0.15, -0.1) is 0 Å². The summed E-state index contributed by atoms with van der Waals surface area (Å²) in [5.41, 5.74) is -0.168. The maximum Gasteiger partial charge on any atom is 0.246 e. The van der Waals surface area contributed by atoms with E-state index in [1.807, 2.05) is 20.8 Å². The summed E-state index contributed by atoms with van der Waals surface area (Å²) in [5, 5.41) is 5.91. The number of rotatable bonds is 3. The molecule has 1 saturated heterocycles. The Hall–Kier alpha value is -0.610. The van der Waals surface area contributed by atoms with E-state index < -0.39 is 0 Å². The molecule has 2 N–H and O–H groups in total. The van der Waals surface area contributed by atoms with Crippen LogP contribution < -0.4 is 10.6 Å². The van der Waals surface area contributed by atoms with Crippen molar-refractivity contribution in [2.24, 2.45) is 0 Å². The third-order valence-corrected chi connectivity index (χ3v) is 1.71. The van der Waals surface area contributed by atoms with Crippen LogP contribution >= 0.6 is 0 Å². The largest absolute Gasteiger partial charge is 0.366 e. The van der Waals surface area contributed by atoms with Crippen molar-refractivity contribution in [1.82, 2.24) is 10.6 Å². The number of hydrogen-bond donors (Lipinski definition) is 2. The van der Waals surface area contributed by atoms with Gasteiger partial charge in [-0.2, -0.15) is 0 Å². The van der Waals surface area contributed by atoms with Gasteiger partial charge < -0.3 is 15.4 Å². The van der Waals surface area contributed by atoms with Crippen molar-refractivity contribution >= 4 is 5.91 Å². The highest BCUT2D eigenvalue weighted by Gasteiger charge is 2.19. The van der Waals surface area contributed by atoms with Crippen LogP contribution in [0.5, 0.6) is 0 Å². The number of hydrogen-bond acceptors (Lipinski definition) is 3. The van der Waals surface area contributed by atoms with Gasteiger partial charge in [0.15, 0.2) is 0 Å². The SMILES string of the molecule is CC(C)(C)NC(=O)COC1CNC1. The maximum atomic E-state index is 11.2. The van der Waals surface area contributed by atoms with E-state index in [-0.39, 0.29) is 24.2 Å². The first-order valence-electron chi connectivity index (χ1n) is 4.61. The summed E-state index contributed by atoms with van der Waals surface area (Å²) >= 11 is 0. The van der Waals surface area contributed by atoms with Crippen LogP contribution in [0.2, 0.25) is 0 Å². The molecule has 0 atom stereocenters. The van der Waals surface area contributed by atoms with E-state index in [0.29, 0.717) is 0 Å². The molecule has 0 aromatic heterocycles. The number of nitrogens with one attached hydrogen (secondary N) is 2. The van der Waals surface area contributed by atoms with Crippen LogP contribution in [0.3, 0.4) is 0 Å². The first kappa shape index (κ1) is 10.5. The third kappa shape index (κ3) is 4.24. The second-order valence-corrected chi connectivity index (χ2v) is 4.39. The second kappa shape index (κ2) is 4.07. The fourth-order valence-electron chi connectivity index (χ4n) is 1.03. The first-order valence-corrected chi connectivity index (χ1v) is 4.61. The van der Waals surface area contributed by atoms with Crippen LogP contribution in [0, 0.1) is 0 Å². The zero-order valence-electron chi connectivity index (χ0n) is 8.52. The van der Waals surface area contributed by atoms with E-state index in [1.165, 1.54) is 0 Å². The average Bonchev–Trinajstić information content (AvgIpc) is 1.78. The maximum absolute atomic E-state index is 11.2. The number of ether oxygens (including phenoxy) is 1. The highest BCUT2D eigenvalue weighted by Crippen LogP contribution is 2.00. The fraction of sp³-hybridized carbons (Fsp3) is 0.889. The minimum atomic E-state index is -0.168. The molecule has 0 aromatic rings. The minimum absolute atomic E-state index is 0.0422. The molecule has 0 saturated carbocycles. The predicted octanol–water partition coefficient (Wildman–Crippen LogP) is -0.110. The Kier molecular flexibility index (Phi) is 3.27. The van der Waals surface area contributed by atoms with Gasteiger partial charge in [-0.05, 0) is 20.8 Å². The van der Waals surface area contributed by atoms with Crippen molar-refractivity contribution < 1.29 is 9.53 Å². The smallest absolute Gasteiger partial charge is 0.246 e. The molecule has 1 rings (SSSR count). The standard InChI is InChI=1S/C9H18N2O2/c1-9(2,3)11-8(12)6-13-7-4-10-5-7/h7,10H,4-6H2,1-3H3,(H,11,12). The van der Waals surface area contributed by atoms with Gasteiger partial charge in [-0.25, -0.2) is 0 Å². The summed E-state index contributed by atoms with van der Waals surface area (Å²) in [6.45, 7) is 7.76. The Bertz CT molecular complexity index is 183. The highest BCUT2D eigenvalue weighted by atomic mass is 16.5. The summed E-state index contributed by atoms with van der Waals surface area (Å²) < 4.78 is 5.31. The lowest BCUT2D eigenvalue weighted by molar-refractivity contribution is -0.130. The molecule has 0 unspecified atom stereocenters.